The molecule has 0 saturated heterocycles. The van der Waals surface area contributed by atoms with Gasteiger partial charge < -0.3 is 9.75 Å². The standard InChI is InChI=1S/C9H12N2O2/c1-2-6-13-9(12)8-4-3-5-11(10)7-8/h2-5H,1,6-7,10H2. The summed E-state index contributed by atoms with van der Waals surface area (Å²) >= 11 is 0. The molecule has 0 aromatic carbocycles. The molecule has 0 radical (unpaired) electrons. The number of carbonyl (C=O) groups excluding carboxylic acids is 1. The summed E-state index contributed by atoms with van der Waals surface area (Å²) in [6.45, 7) is 4.06. The highest BCUT2D eigenvalue weighted by Gasteiger charge is 2.13. The number of nitrogens with zero attached hydrogens (tertiary/aromatic N) is 1. The van der Waals surface area contributed by atoms with E-state index in [4.69, 9.17) is 10.6 Å². The number of nitrogens with two attached hydrogens (primary N) is 1. The Hall–Kier alpha value is -1.55. The zero-order valence-electron chi connectivity index (χ0n) is 7.27. The number of hydrogen-bond acceptors (Lipinski definition) is 4. The molecule has 1 heterocycles. The predicted molar refractivity (Wildman–Crippen MR) is 49.3 cm³/mol. The van der Waals surface area contributed by atoms with Crippen molar-refractivity contribution in [2.75, 3.05) is 13.2 Å². The minimum absolute atomic E-state index is 0.227. The Balaban J connectivity index is 2.51. The van der Waals surface area contributed by atoms with Crippen molar-refractivity contribution in [2.24, 2.45) is 5.84 Å². The molecular formula is C9H12N2O2. The van der Waals surface area contributed by atoms with Gasteiger partial charge in [-0.3, -0.25) is 0 Å². The van der Waals surface area contributed by atoms with Gasteiger partial charge in [0.1, 0.15) is 6.61 Å². The number of esters is 1. The zero-order valence-corrected chi connectivity index (χ0v) is 7.27. The lowest BCUT2D eigenvalue weighted by atomic mass is 10.2. The molecule has 0 unspecified atom stereocenters. The van der Waals surface area contributed by atoms with Crippen molar-refractivity contribution in [3.63, 3.8) is 0 Å². The molecular weight excluding hydrogens is 168 g/mol. The minimum atomic E-state index is -0.347. The van der Waals surface area contributed by atoms with Crippen LogP contribution in [0.1, 0.15) is 0 Å². The van der Waals surface area contributed by atoms with Gasteiger partial charge in [0.05, 0.1) is 12.1 Å². The molecule has 4 heteroatoms. The third-order valence-corrected chi connectivity index (χ3v) is 1.52. The summed E-state index contributed by atoms with van der Waals surface area (Å²) in [7, 11) is 0. The van der Waals surface area contributed by atoms with Crippen LogP contribution < -0.4 is 5.84 Å². The van der Waals surface area contributed by atoms with E-state index in [9.17, 15) is 4.79 Å². The van der Waals surface area contributed by atoms with E-state index in [2.05, 4.69) is 6.58 Å². The van der Waals surface area contributed by atoms with Crippen LogP contribution in [0.15, 0.2) is 36.6 Å². The molecule has 1 rings (SSSR count). The topological polar surface area (TPSA) is 55.6 Å². The van der Waals surface area contributed by atoms with E-state index in [1.54, 1.807) is 18.4 Å². The highest BCUT2D eigenvalue weighted by atomic mass is 16.5. The van der Waals surface area contributed by atoms with Gasteiger partial charge >= 0.3 is 5.97 Å². The maximum Gasteiger partial charge on any atom is 0.336 e. The van der Waals surface area contributed by atoms with Crippen molar-refractivity contribution in [2.45, 2.75) is 0 Å². The van der Waals surface area contributed by atoms with Gasteiger partial charge in [0.15, 0.2) is 0 Å². The van der Waals surface area contributed by atoms with Crippen LogP contribution in [0.2, 0.25) is 0 Å². The first-order valence-electron chi connectivity index (χ1n) is 3.90. The molecule has 13 heavy (non-hydrogen) atoms. The summed E-state index contributed by atoms with van der Waals surface area (Å²) < 4.78 is 4.84. The summed E-state index contributed by atoms with van der Waals surface area (Å²) in [6, 6.07) is 0. The normalized spacial score (nSPS) is 15.2. The van der Waals surface area contributed by atoms with Crippen molar-refractivity contribution in [1.82, 2.24) is 5.01 Å². The number of hydrogen-bond donors (Lipinski definition) is 1. The average Bonchev–Trinajstić information content (AvgIpc) is 2.14. The van der Waals surface area contributed by atoms with E-state index in [1.807, 2.05) is 0 Å². The number of allylic oxidation sites excluding steroid dienone is 2. The Morgan fingerprint density at radius 3 is 3.23 bits per heavy atom. The molecule has 0 fully saturated rings. The van der Waals surface area contributed by atoms with E-state index in [0.717, 1.165) is 0 Å². The van der Waals surface area contributed by atoms with Crippen LogP contribution in [-0.2, 0) is 9.53 Å². The van der Waals surface area contributed by atoms with Gasteiger partial charge in [0, 0.05) is 6.20 Å². The fourth-order valence-electron chi connectivity index (χ4n) is 0.932. The smallest absolute Gasteiger partial charge is 0.336 e. The second kappa shape index (κ2) is 4.47. The fourth-order valence-corrected chi connectivity index (χ4v) is 0.932. The maximum absolute atomic E-state index is 11.2. The lowest BCUT2D eigenvalue weighted by Crippen LogP contribution is -2.31. The van der Waals surface area contributed by atoms with Crippen molar-refractivity contribution in [1.29, 1.82) is 0 Å². The Morgan fingerprint density at radius 1 is 1.85 bits per heavy atom. The number of hydrazine groups is 1. The molecule has 0 bridgehead atoms. The Morgan fingerprint density at radius 2 is 2.62 bits per heavy atom. The van der Waals surface area contributed by atoms with Crippen molar-refractivity contribution < 1.29 is 9.53 Å². The van der Waals surface area contributed by atoms with Gasteiger partial charge in [-0.05, 0) is 12.2 Å². The minimum Gasteiger partial charge on any atom is -0.458 e. The third kappa shape index (κ3) is 2.76. The molecule has 0 aromatic heterocycles. The molecule has 0 saturated carbocycles. The molecule has 0 amide bonds. The van der Waals surface area contributed by atoms with Crippen LogP contribution >= 0.6 is 0 Å². The van der Waals surface area contributed by atoms with Crippen molar-refractivity contribution >= 4 is 5.97 Å². The van der Waals surface area contributed by atoms with E-state index in [-0.39, 0.29) is 12.6 Å². The van der Waals surface area contributed by atoms with Crippen LogP contribution in [-0.4, -0.2) is 24.1 Å². The van der Waals surface area contributed by atoms with Crippen LogP contribution in [0, 0.1) is 0 Å². The van der Waals surface area contributed by atoms with E-state index in [1.165, 1.54) is 11.1 Å². The lowest BCUT2D eigenvalue weighted by Gasteiger charge is -2.17. The highest BCUT2D eigenvalue weighted by Crippen LogP contribution is 2.05. The first kappa shape index (κ1) is 9.54. The summed E-state index contributed by atoms with van der Waals surface area (Å²) in [5, 5.41) is 1.42. The molecule has 0 spiro atoms. The third-order valence-electron chi connectivity index (χ3n) is 1.52. The summed E-state index contributed by atoms with van der Waals surface area (Å²) in [5.74, 6) is 5.12. The Kier molecular flexibility index (Phi) is 3.28. The molecule has 0 aromatic rings. The largest absolute Gasteiger partial charge is 0.458 e. The predicted octanol–water partition coefficient (Wildman–Crippen LogP) is 0.345. The van der Waals surface area contributed by atoms with Crippen LogP contribution in [0.5, 0.6) is 0 Å². The fraction of sp³-hybridized carbons (Fsp3) is 0.222. The first-order chi connectivity index (χ1) is 6.24. The van der Waals surface area contributed by atoms with E-state index < -0.39 is 0 Å². The molecule has 2 N–H and O–H groups in total. The van der Waals surface area contributed by atoms with E-state index >= 15 is 0 Å². The molecule has 0 atom stereocenters. The summed E-state index contributed by atoms with van der Waals surface area (Å²) in [6.07, 6.45) is 6.60. The molecule has 1 aliphatic rings. The van der Waals surface area contributed by atoms with Gasteiger partial charge in [-0.1, -0.05) is 12.7 Å². The summed E-state index contributed by atoms with van der Waals surface area (Å²) in [5.41, 5.74) is 0.548. The van der Waals surface area contributed by atoms with Gasteiger partial charge in [0.2, 0.25) is 0 Å². The van der Waals surface area contributed by atoms with Crippen molar-refractivity contribution in [3.8, 4) is 0 Å². The number of carbonyl (C=O) groups is 1. The van der Waals surface area contributed by atoms with E-state index in [0.29, 0.717) is 12.1 Å². The Labute approximate surface area is 76.9 Å². The molecule has 70 valence electrons. The zero-order chi connectivity index (χ0) is 9.68. The second-order valence-electron chi connectivity index (χ2n) is 2.59. The van der Waals surface area contributed by atoms with Gasteiger partial charge in [0.25, 0.3) is 0 Å². The molecule has 4 nitrogen and oxygen atoms in total. The monoisotopic (exact) mass is 180 g/mol. The first-order valence-corrected chi connectivity index (χ1v) is 3.90. The van der Waals surface area contributed by atoms with Crippen molar-refractivity contribution in [3.05, 3.63) is 36.6 Å². The van der Waals surface area contributed by atoms with Crippen LogP contribution in [0.25, 0.3) is 0 Å². The molecule has 1 aliphatic heterocycles. The SMILES string of the molecule is C=CCOC(=O)C1=CC=CN(N)C1. The van der Waals surface area contributed by atoms with Gasteiger partial charge in [-0.25, -0.2) is 10.6 Å². The maximum atomic E-state index is 11.2. The second-order valence-corrected chi connectivity index (χ2v) is 2.59. The quantitative estimate of drug-likeness (QED) is 0.386. The van der Waals surface area contributed by atoms with Gasteiger partial charge in [-0.15, -0.1) is 0 Å². The van der Waals surface area contributed by atoms with Crippen LogP contribution in [0.4, 0.5) is 0 Å². The van der Waals surface area contributed by atoms with Gasteiger partial charge in [-0.2, -0.15) is 0 Å². The average molecular weight is 180 g/mol. The summed E-state index contributed by atoms with van der Waals surface area (Å²) in [4.78, 5) is 11.2. The number of ether oxygens (including phenoxy) is 1. The molecule has 0 aliphatic carbocycles. The van der Waals surface area contributed by atoms with Crippen LogP contribution in [0.3, 0.4) is 0 Å². The highest BCUT2D eigenvalue weighted by molar-refractivity contribution is 5.89. The number of rotatable bonds is 3. The Bertz CT molecular complexity index is 269. The lowest BCUT2D eigenvalue weighted by molar-refractivity contribution is -0.138.